The summed E-state index contributed by atoms with van der Waals surface area (Å²) in [5, 5.41) is 4.26. The number of ether oxygens (including phenoxy) is 1. The molecule has 2 unspecified atom stereocenters. The van der Waals surface area contributed by atoms with Gasteiger partial charge >= 0.3 is 0 Å². The maximum atomic E-state index is 5.48. The molecule has 14 heavy (non-hydrogen) atoms. The molecule has 0 aromatic rings. The highest BCUT2D eigenvalue weighted by Gasteiger charge is 2.31. The summed E-state index contributed by atoms with van der Waals surface area (Å²) in [5.74, 6) is 0. The molecule has 0 saturated carbocycles. The normalized spacial score (nSPS) is 35.8. The molecule has 2 rings (SSSR count). The summed E-state index contributed by atoms with van der Waals surface area (Å²) in [4.78, 5) is 2.61. The van der Waals surface area contributed by atoms with E-state index in [2.05, 4.69) is 16.5 Å². The van der Waals surface area contributed by atoms with Crippen LogP contribution in [0.3, 0.4) is 0 Å². The fraction of sp³-hybridized carbons (Fsp3) is 1.00. The van der Waals surface area contributed by atoms with Gasteiger partial charge < -0.3 is 10.1 Å². The maximum absolute atomic E-state index is 5.48. The van der Waals surface area contributed by atoms with Crippen molar-refractivity contribution in [3.8, 4) is 0 Å². The Hall–Kier alpha value is 0.230. The zero-order valence-electron chi connectivity index (χ0n) is 8.87. The van der Waals surface area contributed by atoms with Gasteiger partial charge in [-0.05, 0) is 12.7 Å². The number of hydrogen-bond donors (Lipinski definition) is 1. The van der Waals surface area contributed by atoms with Crippen LogP contribution in [-0.2, 0) is 4.74 Å². The van der Waals surface area contributed by atoms with E-state index in [-0.39, 0.29) is 0 Å². The first-order valence-electron chi connectivity index (χ1n) is 5.47. The number of nitrogens with one attached hydrogen (secondary N) is 1. The molecular formula is C10H20N2OS. The Morgan fingerprint density at radius 2 is 2.21 bits per heavy atom. The van der Waals surface area contributed by atoms with Gasteiger partial charge in [0, 0.05) is 44.1 Å². The molecule has 2 aliphatic rings. The molecule has 2 heterocycles. The lowest BCUT2D eigenvalue weighted by molar-refractivity contribution is 0.134. The van der Waals surface area contributed by atoms with Gasteiger partial charge in [0.05, 0.1) is 6.61 Å². The Morgan fingerprint density at radius 1 is 1.29 bits per heavy atom. The molecule has 0 bridgehead atoms. The zero-order chi connectivity index (χ0) is 9.80. The molecule has 3 nitrogen and oxygen atoms in total. The van der Waals surface area contributed by atoms with Crippen molar-refractivity contribution in [2.24, 2.45) is 0 Å². The van der Waals surface area contributed by atoms with Gasteiger partial charge in [-0.3, -0.25) is 4.90 Å². The first-order valence-corrected chi connectivity index (χ1v) is 6.76. The Balaban J connectivity index is 1.91. The summed E-state index contributed by atoms with van der Waals surface area (Å²) in [6.45, 7) is 6.51. The van der Waals surface area contributed by atoms with E-state index in [4.69, 9.17) is 4.74 Å². The quantitative estimate of drug-likeness (QED) is 0.723. The maximum Gasteiger partial charge on any atom is 0.0593 e. The zero-order valence-corrected chi connectivity index (χ0v) is 9.68. The van der Waals surface area contributed by atoms with Crippen LogP contribution in [0, 0.1) is 0 Å². The third-order valence-corrected chi connectivity index (χ3v) is 4.24. The molecular weight excluding hydrogens is 196 g/mol. The van der Waals surface area contributed by atoms with Crippen LogP contribution in [0.1, 0.15) is 6.42 Å². The highest BCUT2D eigenvalue weighted by molar-refractivity contribution is 7.99. The Kier molecular flexibility index (Phi) is 4.10. The largest absolute Gasteiger partial charge is 0.380 e. The van der Waals surface area contributed by atoms with Gasteiger partial charge in [-0.2, -0.15) is 11.8 Å². The van der Waals surface area contributed by atoms with Crippen molar-refractivity contribution >= 4 is 11.8 Å². The highest BCUT2D eigenvalue weighted by atomic mass is 32.2. The lowest BCUT2D eigenvalue weighted by atomic mass is 10.2. The summed E-state index contributed by atoms with van der Waals surface area (Å²) in [5.41, 5.74) is 0. The Bertz CT molecular complexity index is 172. The fourth-order valence-corrected chi connectivity index (χ4v) is 3.21. The van der Waals surface area contributed by atoms with Crippen molar-refractivity contribution in [2.45, 2.75) is 17.7 Å². The molecule has 82 valence electrons. The van der Waals surface area contributed by atoms with E-state index in [9.17, 15) is 0 Å². The predicted molar refractivity (Wildman–Crippen MR) is 61.0 cm³/mol. The minimum absolute atomic E-state index is 0.728. The molecule has 0 radical (unpaired) electrons. The molecule has 2 saturated heterocycles. The van der Waals surface area contributed by atoms with Gasteiger partial charge in [0.2, 0.25) is 0 Å². The third-order valence-electron chi connectivity index (χ3n) is 3.16. The topological polar surface area (TPSA) is 24.5 Å². The molecule has 0 aromatic carbocycles. The molecule has 2 aliphatic heterocycles. The molecule has 0 aromatic heterocycles. The molecule has 1 N–H and O–H groups in total. The van der Waals surface area contributed by atoms with E-state index in [1.807, 2.05) is 11.8 Å². The van der Waals surface area contributed by atoms with Crippen molar-refractivity contribution in [1.82, 2.24) is 10.2 Å². The lowest BCUT2D eigenvalue weighted by Crippen LogP contribution is -2.43. The van der Waals surface area contributed by atoms with E-state index in [0.29, 0.717) is 0 Å². The third kappa shape index (κ3) is 2.42. The first kappa shape index (κ1) is 10.7. The second-order valence-corrected chi connectivity index (χ2v) is 5.08. The van der Waals surface area contributed by atoms with E-state index >= 15 is 0 Å². The molecule has 0 amide bonds. The van der Waals surface area contributed by atoms with Gasteiger partial charge in [0.1, 0.15) is 0 Å². The van der Waals surface area contributed by atoms with E-state index in [0.717, 1.165) is 37.6 Å². The SMILES string of the molecule is CSC1CNCC1N1CCCOCC1. The number of rotatable bonds is 2. The summed E-state index contributed by atoms with van der Waals surface area (Å²) in [7, 11) is 0. The van der Waals surface area contributed by atoms with Crippen LogP contribution in [-0.4, -0.2) is 61.8 Å². The van der Waals surface area contributed by atoms with Gasteiger partial charge in [0.25, 0.3) is 0 Å². The standard InChI is InChI=1S/C10H20N2OS/c1-14-10-8-11-7-9(10)12-3-2-5-13-6-4-12/h9-11H,2-8H2,1H3. The van der Waals surface area contributed by atoms with Crippen molar-refractivity contribution in [3.05, 3.63) is 0 Å². The summed E-state index contributed by atoms with van der Waals surface area (Å²) in [6, 6.07) is 0.728. The van der Waals surface area contributed by atoms with Gasteiger partial charge in [-0.1, -0.05) is 0 Å². The summed E-state index contributed by atoms with van der Waals surface area (Å²) < 4.78 is 5.48. The molecule has 0 aliphatic carbocycles. The molecule has 4 heteroatoms. The van der Waals surface area contributed by atoms with Crippen molar-refractivity contribution in [2.75, 3.05) is 45.6 Å². The average molecular weight is 216 g/mol. The number of nitrogens with zero attached hydrogens (tertiary/aromatic N) is 1. The molecule has 0 spiro atoms. The van der Waals surface area contributed by atoms with Crippen LogP contribution in [0.2, 0.25) is 0 Å². The van der Waals surface area contributed by atoms with Gasteiger partial charge in [-0.15, -0.1) is 0 Å². The van der Waals surface area contributed by atoms with Crippen molar-refractivity contribution < 1.29 is 4.74 Å². The van der Waals surface area contributed by atoms with Crippen LogP contribution in [0.4, 0.5) is 0 Å². The first-order chi connectivity index (χ1) is 6.92. The van der Waals surface area contributed by atoms with E-state index in [1.165, 1.54) is 19.5 Å². The minimum atomic E-state index is 0.728. The van der Waals surface area contributed by atoms with Crippen LogP contribution in [0.15, 0.2) is 0 Å². The highest BCUT2D eigenvalue weighted by Crippen LogP contribution is 2.20. The van der Waals surface area contributed by atoms with Gasteiger partial charge in [-0.25, -0.2) is 0 Å². The number of hydrogen-bond acceptors (Lipinski definition) is 4. The predicted octanol–water partition coefficient (Wildman–Crippen LogP) is 0.412. The number of thioether (sulfide) groups is 1. The second-order valence-electron chi connectivity index (χ2n) is 4.00. The minimum Gasteiger partial charge on any atom is -0.380 e. The Labute approximate surface area is 90.6 Å². The van der Waals surface area contributed by atoms with E-state index < -0.39 is 0 Å². The van der Waals surface area contributed by atoms with Crippen molar-refractivity contribution in [1.29, 1.82) is 0 Å². The molecule has 2 fully saturated rings. The van der Waals surface area contributed by atoms with Crippen LogP contribution < -0.4 is 5.32 Å². The average Bonchev–Trinajstić information content (AvgIpc) is 2.52. The fourth-order valence-electron chi connectivity index (χ4n) is 2.34. The van der Waals surface area contributed by atoms with Crippen LogP contribution in [0.5, 0.6) is 0 Å². The summed E-state index contributed by atoms with van der Waals surface area (Å²) >= 11 is 2.00. The van der Waals surface area contributed by atoms with Crippen LogP contribution >= 0.6 is 11.8 Å². The lowest BCUT2D eigenvalue weighted by Gasteiger charge is -2.29. The second kappa shape index (κ2) is 5.35. The summed E-state index contributed by atoms with van der Waals surface area (Å²) in [6.07, 6.45) is 3.41. The van der Waals surface area contributed by atoms with E-state index in [1.54, 1.807) is 0 Å². The van der Waals surface area contributed by atoms with Gasteiger partial charge in [0.15, 0.2) is 0 Å². The monoisotopic (exact) mass is 216 g/mol. The van der Waals surface area contributed by atoms with Crippen molar-refractivity contribution in [3.63, 3.8) is 0 Å². The van der Waals surface area contributed by atoms with Crippen LogP contribution in [0.25, 0.3) is 0 Å². The Morgan fingerprint density at radius 3 is 3.07 bits per heavy atom. The molecule has 2 atom stereocenters. The smallest absolute Gasteiger partial charge is 0.0593 e.